The van der Waals surface area contributed by atoms with Gasteiger partial charge in [-0.1, -0.05) is 30.3 Å². The summed E-state index contributed by atoms with van der Waals surface area (Å²) in [5.41, 5.74) is 1.68. The van der Waals surface area contributed by atoms with Crippen LogP contribution in [-0.4, -0.2) is 12.3 Å². The fourth-order valence-corrected chi connectivity index (χ4v) is 2.16. The van der Waals surface area contributed by atoms with Gasteiger partial charge in [0.05, 0.1) is 11.6 Å². The maximum Gasteiger partial charge on any atom is 0.573 e. The van der Waals surface area contributed by atoms with Crippen LogP contribution in [0.4, 0.5) is 13.2 Å². The normalized spacial score (nSPS) is 10.8. The van der Waals surface area contributed by atoms with E-state index in [9.17, 15) is 18.0 Å². The van der Waals surface area contributed by atoms with E-state index in [4.69, 9.17) is 5.26 Å². The first-order valence-electron chi connectivity index (χ1n) is 7.47. The lowest BCUT2D eigenvalue weighted by molar-refractivity contribution is -0.274. The molecular weight excluding hydrogens is 333 g/mol. The highest BCUT2D eigenvalue weighted by molar-refractivity contribution is 5.76. The molecule has 2 rings (SSSR count). The van der Waals surface area contributed by atoms with Gasteiger partial charge in [0.1, 0.15) is 5.75 Å². The van der Waals surface area contributed by atoms with Crippen molar-refractivity contribution >= 4 is 5.91 Å². The van der Waals surface area contributed by atoms with Gasteiger partial charge in [0.2, 0.25) is 5.91 Å². The van der Waals surface area contributed by atoms with Crippen LogP contribution in [0.1, 0.15) is 23.1 Å². The number of nitriles is 1. The highest BCUT2D eigenvalue weighted by Crippen LogP contribution is 2.26. The van der Waals surface area contributed by atoms with Crippen molar-refractivity contribution in [3.8, 4) is 11.8 Å². The summed E-state index contributed by atoms with van der Waals surface area (Å²) in [6.07, 6.45) is -4.12. The van der Waals surface area contributed by atoms with Crippen molar-refractivity contribution in [3.63, 3.8) is 0 Å². The molecule has 0 bridgehead atoms. The van der Waals surface area contributed by atoms with Crippen molar-refractivity contribution in [2.75, 3.05) is 0 Å². The van der Waals surface area contributed by atoms with Gasteiger partial charge in [0.25, 0.3) is 0 Å². The van der Waals surface area contributed by atoms with Gasteiger partial charge in [0, 0.05) is 18.5 Å². The number of rotatable bonds is 6. The number of ether oxygens (including phenoxy) is 1. The summed E-state index contributed by atoms with van der Waals surface area (Å²) in [6.45, 7) is -0.0571. The number of amides is 1. The van der Waals surface area contributed by atoms with Crippen LogP contribution in [0.2, 0.25) is 0 Å². The predicted octanol–water partition coefficient (Wildman–Crippen LogP) is 3.71. The molecule has 0 saturated carbocycles. The van der Waals surface area contributed by atoms with E-state index in [-0.39, 0.29) is 30.2 Å². The Kier molecular flexibility index (Phi) is 6.01. The highest BCUT2D eigenvalue weighted by atomic mass is 19.4. The summed E-state index contributed by atoms with van der Waals surface area (Å²) < 4.78 is 41.0. The molecule has 7 heteroatoms. The second-order valence-electron chi connectivity index (χ2n) is 5.24. The monoisotopic (exact) mass is 348 g/mol. The quantitative estimate of drug-likeness (QED) is 0.866. The molecule has 0 radical (unpaired) electrons. The topological polar surface area (TPSA) is 62.1 Å². The zero-order chi connectivity index (χ0) is 18.3. The van der Waals surface area contributed by atoms with Gasteiger partial charge in [-0.2, -0.15) is 5.26 Å². The maximum absolute atomic E-state index is 12.4. The Hall–Kier alpha value is -3.01. The third-order valence-electron chi connectivity index (χ3n) is 3.40. The number of hydrogen-bond acceptors (Lipinski definition) is 3. The number of nitrogens with one attached hydrogen (secondary N) is 1. The fourth-order valence-electron chi connectivity index (χ4n) is 2.16. The molecule has 0 saturated heterocycles. The summed E-state index contributed by atoms with van der Waals surface area (Å²) in [6, 6.07) is 14.5. The van der Waals surface area contributed by atoms with Gasteiger partial charge >= 0.3 is 6.36 Å². The molecule has 0 aliphatic rings. The SMILES string of the molecule is N#Cc1ccc(CCC(=O)NCc2ccccc2OC(F)(F)F)cc1. The molecule has 2 aromatic rings. The minimum atomic E-state index is -4.78. The molecule has 25 heavy (non-hydrogen) atoms. The Morgan fingerprint density at radius 1 is 1.12 bits per heavy atom. The lowest BCUT2D eigenvalue weighted by Gasteiger charge is -2.13. The van der Waals surface area contributed by atoms with E-state index in [1.165, 1.54) is 18.2 Å². The average molecular weight is 348 g/mol. The van der Waals surface area contributed by atoms with Gasteiger partial charge in [-0.25, -0.2) is 0 Å². The molecule has 0 heterocycles. The van der Waals surface area contributed by atoms with Gasteiger partial charge in [0.15, 0.2) is 0 Å². The maximum atomic E-state index is 12.4. The van der Waals surface area contributed by atoms with Crippen molar-refractivity contribution < 1.29 is 22.7 Å². The molecule has 0 aromatic heterocycles. The van der Waals surface area contributed by atoms with E-state index in [1.54, 1.807) is 30.3 Å². The molecule has 0 unspecified atom stereocenters. The van der Waals surface area contributed by atoms with Crippen molar-refractivity contribution in [1.29, 1.82) is 5.26 Å². The van der Waals surface area contributed by atoms with Crippen LogP contribution in [0, 0.1) is 11.3 Å². The molecule has 0 spiro atoms. The number of benzene rings is 2. The molecule has 0 atom stereocenters. The van der Waals surface area contributed by atoms with Crippen LogP contribution in [0.15, 0.2) is 48.5 Å². The number of halogens is 3. The zero-order valence-corrected chi connectivity index (χ0v) is 13.1. The van der Waals surface area contributed by atoms with Gasteiger partial charge in [-0.05, 0) is 30.2 Å². The smallest absolute Gasteiger partial charge is 0.405 e. The third kappa shape index (κ3) is 6.18. The van der Waals surface area contributed by atoms with Crippen molar-refractivity contribution in [2.45, 2.75) is 25.7 Å². The van der Waals surface area contributed by atoms with E-state index in [0.717, 1.165) is 5.56 Å². The number of para-hydroxylation sites is 1. The number of hydrogen-bond donors (Lipinski definition) is 1. The molecular formula is C18H15F3N2O2. The van der Waals surface area contributed by atoms with Crippen molar-refractivity contribution in [2.24, 2.45) is 0 Å². The van der Waals surface area contributed by atoms with Crippen LogP contribution in [0.25, 0.3) is 0 Å². The van der Waals surface area contributed by atoms with Crippen LogP contribution >= 0.6 is 0 Å². The first kappa shape index (κ1) is 18.3. The summed E-state index contributed by atoms with van der Waals surface area (Å²) in [4.78, 5) is 11.9. The standard InChI is InChI=1S/C18H15F3N2O2/c19-18(20,21)25-16-4-2-1-3-15(16)12-23-17(24)10-9-13-5-7-14(11-22)8-6-13/h1-8H,9-10,12H2,(H,23,24). The Morgan fingerprint density at radius 2 is 1.80 bits per heavy atom. The van der Waals surface area contributed by atoms with Crippen molar-refractivity contribution in [1.82, 2.24) is 5.32 Å². The minimum absolute atomic E-state index is 0.0571. The average Bonchev–Trinajstić information content (AvgIpc) is 2.58. The third-order valence-corrected chi connectivity index (χ3v) is 3.40. The lowest BCUT2D eigenvalue weighted by Crippen LogP contribution is -2.24. The number of alkyl halides is 3. The summed E-state index contributed by atoms with van der Waals surface area (Å²) in [5, 5.41) is 11.3. The van der Waals surface area contributed by atoms with Gasteiger partial charge in [-0.15, -0.1) is 13.2 Å². The van der Waals surface area contributed by atoms with Crippen LogP contribution in [0.5, 0.6) is 5.75 Å². The lowest BCUT2D eigenvalue weighted by atomic mass is 10.1. The minimum Gasteiger partial charge on any atom is -0.405 e. The molecule has 130 valence electrons. The second-order valence-corrected chi connectivity index (χ2v) is 5.24. The van der Waals surface area contributed by atoms with E-state index >= 15 is 0 Å². The predicted molar refractivity (Wildman–Crippen MR) is 84.4 cm³/mol. The number of aryl methyl sites for hydroxylation is 1. The van der Waals surface area contributed by atoms with Crippen LogP contribution in [0.3, 0.4) is 0 Å². The second kappa shape index (κ2) is 8.20. The molecule has 0 aliphatic heterocycles. The molecule has 1 amide bonds. The van der Waals surface area contributed by atoms with E-state index in [1.807, 2.05) is 6.07 Å². The number of carbonyl (C=O) groups is 1. The summed E-state index contributed by atoms with van der Waals surface area (Å²) >= 11 is 0. The van der Waals surface area contributed by atoms with E-state index in [2.05, 4.69) is 10.1 Å². The van der Waals surface area contributed by atoms with E-state index in [0.29, 0.717) is 12.0 Å². The molecule has 0 fully saturated rings. The summed E-state index contributed by atoms with van der Waals surface area (Å²) in [5.74, 6) is -0.617. The first-order chi connectivity index (χ1) is 11.9. The molecule has 1 N–H and O–H groups in total. The summed E-state index contributed by atoms with van der Waals surface area (Å²) in [7, 11) is 0. The Morgan fingerprint density at radius 3 is 2.44 bits per heavy atom. The highest BCUT2D eigenvalue weighted by Gasteiger charge is 2.31. The van der Waals surface area contributed by atoms with E-state index < -0.39 is 6.36 Å². The number of nitrogens with zero attached hydrogens (tertiary/aromatic N) is 1. The molecule has 0 aliphatic carbocycles. The fraction of sp³-hybridized carbons (Fsp3) is 0.222. The number of carbonyl (C=O) groups excluding carboxylic acids is 1. The Labute approximate surface area is 142 Å². The van der Waals surface area contributed by atoms with Crippen molar-refractivity contribution in [3.05, 3.63) is 65.2 Å². The zero-order valence-electron chi connectivity index (χ0n) is 13.1. The largest absolute Gasteiger partial charge is 0.573 e. The van der Waals surface area contributed by atoms with Gasteiger partial charge in [-0.3, -0.25) is 4.79 Å². The van der Waals surface area contributed by atoms with Crippen LogP contribution < -0.4 is 10.1 Å². The Balaban J connectivity index is 1.86. The van der Waals surface area contributed by atoms with Crippen LogP contribution in [-0.2, 0) is 17.8 Å². The molecule has 4 nitrogen and oxygen atoms in total. The Bertz CT molecular complexity index is 765. The van der Waals surface area contributed by atoms with Gasteiger partial charge < -0.3 is 10.1 Å². The molecule has 2 aromatic carbocycles. The first-order valence-corrected chi connectivity index (χ1v) is 7.47.